The normalized spacial score (nSPS) is 50.7. The van der Waals surface area contributed by atoms with Gasteiger partial charge in [-0.15, -0.1) is 0 Å². The van der Waals surface area contributed by atoms with E-state index in [1.54, 1.807) is 0 Å². The molecule has 6 aliphatic rings. The van der Waals surface area contributed by atoms with Gasteiger partial charge in [0.05, 0.1) is 18.1 Å². The van der Waals surface area contributed by atoms with Gasteiger partial charge in [0.25, 0.3) is 0 Å². The van der Waals surface area contributed by atoms with Gasteiger partial charge in [0.1, 0.15) is 11.2 Å². The fraction of sp³-hybridized carbons (Fsp3) is 0.810. The number of hydrogen-bond donors (Lipinski definition) is 0. The van der Waals surface area contributed by atoms with E-state index in [1.807, 2.05) is 0 Å². The lowest BCUT2D eigenvalue weighted by Gasteiger charge is -2.60. The number of esters is 2. The number of ether oxygens (including phenoxy) is 3. The summed E-state index contributed by atoms with van der Waals surface area (Å²) < 4.78 is 17.9. The van der Waals surface area contributed by atoms with Crippen LogP contribution in [0.3, 0.4) is 0 Å². The van der Waals surface area contributed by atoms with Gasteiger partial charge in [-0.05, 0) is 63.7 Å². The molecule has 6 bridgehead atoms. The molecule has 0 N–H and O–H groups in total. The van der Waals surface area contributed by atoms with Crippen LogP contribution in [0, 0.1) is 23.7 Å². The van der Waals surface area contributed by atoms with E-state index >= 15 is 0 Å². The molecule has 5 saturated carbocycles. The third-order valence-corrected chi connectivity index (χ3v) is 7.64. The van der Waals surface area contributed by atoms with Crippen molar-refractivity contribution >= 4 is 11.9 Å². The minimum absolute atomic E-state index is 0.0246. The summed E-state index contributed by atoms with van der Waals surface area (Å²) in [5.74, 6) is 0.859. The maximum atomic E-state index is 13.0. The van der Waals surface area contributed by atoms with Crippen molar-refractivity contribution in [1.82, 2.24) is 0 Å². The highest BCUT2D eigenvalue weighted by Gasteiger charge is 2.62. The summed E-state index contributed by atoms with van der Waals surface area (Å²) in [7, 11) is 0. The molecule has 6 atom stereocenters. The third kappa shape index (κ3) is 2.54. The molecule has 5 aliphatic carbocycles. The molecule has 0 spiro atoms. The van der Waals surface area contributed by atoms with E-state index in [1.165, 1.54) is 12.5 Å². The number of fused-ring (bicyclic) bond motifs is 2. The van der Waals surface area contributed by atoms with E-state index in [0.29, 0.717) is 24.2 Å². The predicted molar refractivity (Wildman–Crippen MR) is 93.1 cm³/mol. The van der Waals surface area contributed by atoms with Crippen LogP contribution in [0.25, 0.3) is 0 Å². The van der Waals surface area contributed by atoms with Gasteiger partial charge >= 0.3 is 11.9 Å². The zero-order chi connectivity index (χ0) is 18.1. The van der Waals surface area contributed by atoms with Gasteiger partial charge in [0.2, 0.25) is 0 Å². The molecule has 0 aromatic rings. The van der Waals surface area contributed by atoms with Crippen molar-refractivity contribution < 1.29 is 23.8 Å². The van der Waals surface area contributed by atoms with Crippen LogP contribution in [0.2, 0.25) is 0 Å². The van der Waals surface area contributed by atoms with Crippen molar-refractivity contribution in [3.8, 4) is 0 Å². The Bertz CT molecular complexity index is 641. The van der Waals surface area contributed by atoms with E-state index in [2.05, 4.69) is 13.5 Å². The van der Waals surface area contributed by atoms with Crippen LogP contribution in [0.15, 0.2) is 12.7 Å². The SMILES string of the molecule is C=CC(=O)OC12CC3CC(C1)CC(OC(=O)C1CC4CC1C(C)O4)(C3)C2. The molecule has 0 amide bonds. The second-order valence-electron chi connectivity index (χ2n) is 9.58. The van der Waals surface area contributed by atoms with Crippen LogP contribution >= 0.6 is 0 Å². The Morgan fingerprint density at radius 3 is 2.27 bits per heavy atom. The second-order valence-corrected chi connectivity index (χ2v) is 9.58. The van der Waals surface area contributed by atoms with Crippen LogP contribution in [0.4, 0.5) is 0 Å². The summed E-state index contributed by atoms with van der Waals surface area (Å²) in [5, 5.41) is 0. The van der Waals surface area contributed by atoms with Crippen LogP contribution in [-0.2, 0) is 23.8 Å². The molecule has 26 heavy (non-hydrogen) atoms. The van der Waals surface area contributed by atoms with Gasteiger partial charge in [0.15, 0.2) is 0 Å². The van der Waals surface area contributed by atoms with E-state index in [0.717, 1.165) is 38.5 Å². The maximum absolute atomic E-state index is 13.0. The zero-order valence-electron chi connectivity index (χ0n) is 15.4. The third-order valence-electron chi connectivity index (χ3n) is 7.64. The van der Waals surface area contributed by atoms with Gasteiger partial charge in [-0.2, -0.15) is 0 Å². The highest BCUT2D eigenvalue weighted by atomic mass is 16.6. The first-order valence-electron chi connectivity index (χ1n) is 10.1. The summed E-state index contributed by atoms with van der Waals surface area (Å²) in [5.41, 5.74) is -0.894. The molecule has 5 heteroatoms. The molecule has 1 aliphatic heterocycles. The molecular weight excluding hydrogens is 332 g/mol. The van der Waals surface area contributed by atoms with Crippen LogP contribution in [-0.4, -0.2) is 35.3 Å². The van der Waals surface area contributed by atoms with Gasteiger partial charge in [0, 0.05) is 18.4 Å². The first-order valence-corrected chi connectivity index (χ1v) is 10.1. The fourth-order valence-corrected chi connectivity index (χ4v) is 7.21. The smallest absolute Gasteiger partial charge is 0.330 e. The molecule has 6 fully saturated rings. The molecule has 1 heterocycles. The minimum Gasteiger partial charge on any atom is -0.459 e. The Morgan fingerprint density at radius 1 is 1.04 bits per heavy atom. The molecule has 6 unspecified atom stereocenters. The quantitative estimate of drug-likeness (QED) is 0.569. The number of carbonyl (C=O) groups is 2. The number of hydrogen-bond acceptors (Lipinski definition) is 5. The molecule has 6 rings (SSSR count). The van der Waals surface area contributed by atoms with Gasteiger partial charge in [-0.1, -0.05) is 6.58 Å². The summed E-state index contributed by atoms with van der Waals surface area (Å²) in [6.45, 7) is 5.60. The lowest BCUT2D eigenvalue weighted by Crippen LogP contribution is -2.62. The average molecular weight is 360 g/mol. The molecular formula is C21H28O5. The average Bonchev–Trinajstić information content (AvgIpc) is 3.11. The summed E-state index contributed by atoms with van der Waals surface area (Å²) in [6.07, 6.45) is 8.90. The van der Waals surface area contributed by atoms with Gasteiger partial charge in [-0.25, -0.2) is 4.79 Å². The lowest BCUT2D eigenvalue weighted by atomic mass is 9.52. The Balaban J connectivity index is 1.34. The molecule has 0 radical (unpaired) electrons. The molecule has 0 aromatic heterocycles. The van der Waals surface area contributed by atoms with Crippen LogP contribution < -0.4 is 0 Å². The van der Waals surface area contributed by atoms with E-state index in [4.69, 9.17) is 14.2 Å². The Labute approximate surface area is 154 Å². The largest absolute Gasteiger partial charge is 0.459 e. The number of rotatable bonds is 4. The highest BCUT2D eigenvalue weighted by Crippen LogP contribution is 2.60. The van der Waals surface area contributed by atoms with E-state index in [9.17, 15) is 9.59 Å². The molecule has 0 aromatic carbocycles. The molecule has 142 valence electrons. The van der Waals surface area contributed by atoms with Crippen molar-refractivity contribution in [2.75, 3.05) is 0 Å². The van der Waals surface area contributed by atoms with Crippen molar-refractivity contribution in [3.05, 3.63) is 12.7 Å². The van der Waals surface area contributed by atoms with E-state index in [-0.39, 0.29) is 30.1 Å². The lowest BCUT2D eigenvalue weighted by molar-refractivity contribution is -0.232. The minimum atomic E-state index is -0.458. The Hall–Kier alpha value is -1.36. The molecule has 1 saturated heterocycles. The highest BCUT2D eigenvalue weighted by molar-refractivity contribution is 5.81. The van der Waals surface area contributed by atoms with Crippen molar-refractivity contribution in [1.29, 1.82) is 0 Å². The topological polar surface area (TPSA) is 61.8 Å². The zero-order valence-corrected chi connectivity index (χ0v) is 15.4. The predicted octanol–water partition coefficient (Wildman–Crippen LogP) is 3.16. The Kier molecular flexibility index (Phi) is 3.60. The summed E-state index contributed by atoms with van der Waals surface area (Å²) >= 11 is 0. The number of carbonyl (C=O) groups excluding carboxylic acids is 2. The monoisotopic (exact) mass is 360 g/mol. The second kappa shape index (κ2) is 5.57. The van der Waals surface area contributed by atoms with Crippen molar-refractivity contribution in [3.63, 3.8) is 0 Å². The summed E-state index contributed by atoms with van der Waals surface area (Å²) in [4.78, 5) is 24.9. The maximum Gasteiger partial charge on any atom is 0.330 e. The summed E-state index contributed by atoms with van der Waals surface area (Å²) in [6, 6.07) is 0. The Morgan fingerprint density at radius 2 is 1.69 bits per heavy atom. The van der Waals surface area contributed by atoms with Crippen molar-refractivity contribution in [2.24, 2.45) is 23.7 Å². The van der Waals surface area contributed by atoms with Gasteiger partial charge in [-0.3, -0.25) is 4.79 Å². The standard InChI is InChI=1S/C21H28O5/c1-3-18(22)25-20-7-13-4-14(8-20)10-21(9-13,11-20)26-19(23)17-6-15-5-16(17)12(2)24-15/h3,12-17H,1,4-11H2,2H3. The first kappa shape index (κ1) is 16.8. The van der Waals surface area contributed by atoms with Crippen molar-refractivity contribution in [2.45, 2.75) is 81.7 Å². The van der Waals surface area contributed by atoms with E-state index < -0.39 is 11.2 Å². The fourth-order valence-electron chi connectivity index (χ4n) is 7.21. The van der Waals surface area contributed by atoms with Crippen LogP contribution in [0.1, 0.15) is 58.3 Å². The van der Waals surface area contributed by atoms with Gasteiger partial charge < -0.3 is 14.2 Å². The molecule has 5 nitrogen and oxygen atoms in total. The van der Waals surface area contributed by atoms with Crippen LogP contribution in [0.5, 0.6) is 0 Å². The first-order chi connectivity index (χ1) is 12.4.